The molecule has 2 rings (SSSR count). The molecule has 1 aromatic rings. The molecule has 98 valence electrons. The van der Waals surface area contributed by atoms with Gasteiger partial charge in [0, 0.05) is 10.1 Å². The average molecular weight is 286 g/mol. The Balaban J connectivity index is 2.16. The van der Waals surface area contributed by atoms with E-state index in [-0.39, 0.29) is 22.3 Å². The summed E-state index contributed by atoms with van der Waals surface area (Å²) in [6.07, 6.45) is 0.642. The Morgan fingerprint density at radius 2 is 2.17 bits per heavy atom. The molecule has 0 radical (unpaired) electrons. The highest BCUT2D eigenvalue weighted by atomic mass is 32.2. The van der Waals surface area contributed by atoms with Crippen LogP contribution in [0.15, 0.2) is 23.1 Å². The maximum absolute atomic E-state index is 11.4. The first-order chi connectivity index (χ1) is 8.37. The third kappa shape index (κ3) is 3.05. The SMILES string of the molecule is Cc1ccc(SC2CCS(=O)(=O)C2)cc1C(=O)O. The lowest BCUT2D eigenvalue weighted by molar-refractivity contribution is 0.0696. The van der Waals surface area contributed by atoms with Gasteiger partial charge in [-0.25, -0.2) is 13.2 Å². The fourth-order valence-electron chi connectivity index (χ4n) is 1.95. The minimum atomic E-state index is -2.89. The molecule has 1 saturated heterocycles. The van der Waals surface area contributed by atoms with Gasteiger partial charge in [0.25, 0.3) is 0 Å². The van der Waals surface area contributed by atoms with Crippen molar-refractivity contribution in [2.75, 3.05) is 11.5 Å². The van der Waals surface area contributed by atoms with Crippen molar-refractivity contribution in [1.82, 2.24) is 0 Å². The van der Waals surface area contributed by atoms with Gasteiger partial charge >= 0.3 is 5.97 Å². The zero-order valence-corrected chi connectivity index (χ0v) is 11.6. The van der Waals surface area contributed by atoms with Gasteiger partial charge in [-0.05, 0) is 31.0 Å². The molecule has 1 atom stereocenters. The number of carboxylic acids is 1. The van der Waals surface area contributed by atoms with E-state index in [2.05, 4.69) is 0 Å². The normalized spacial score (nSPS) is 21.9. The van der Waals surface area contributed by atoms with Gasteiger partial charge in [-0.3, -0.25) is 0 Å². The topological polar surface area (TPSA) is 71.4 Å². The number of hydrogen-bond donors (Lipinski definition) is 1. The van der Waals surface area contributed by atoms with Crippen molar-refractivity contribution < 1.29 is 18.3 Å². The summed E-state index contributed by atoms with van der Waals surface area (Å²) in [4.78, 5) is 11.8. The second kappa shape index (κ2) is 4.93. The Kier molecular flexibility index (Phi) is 3.68. The van der Waals surface area contributed by atoms with Crippen molar-refractivity contribution in [1.29, 1.82) is 0 Å². The Hall–Kier alpha value is -1.01. The summed E-state index contributed by atoms with van der Waals surface area (Å²) >= 11 is 1.45. The lowest BCUT2D eigenvalue weighted by atomic mass is 10.1. The summed E-state index contributed by atoms with van der Waals surface area (Å²) < 4.78 is 22.7. The second-order valence-corrected chi connectivity index (χ2v) is 8.03. The molecule has 1 aliphatic rings. The summed E-state index contributed by atoms with van der Waals surface area (Å²) in [5.74, 6) is -0.523. The molecular formula is C12H14O4S2. The van der Waals surface area contributed by atoms with Crippen LogP contribution in [0, 0.1) is 6.92 Å². The smallest absolute Gasteiger partial charge is 0.335 e. The monoisotopic (exact) mass is 286 g/mol. The zero-order chi connectivity index (χ0) is 13.3. The van der Waals surface area contributed by atoms with E-state index in [9.17, 15) is 13.2 Å². The number of carboxylic acid groups (broad SMARTS) is 1. The van der Waals surface area contributed by atoms with Crippen molar-refractivity contribution in [3.05, 3.63) is 29.3 Å². The summed E-state index contributed by atoms with van der Waals surface area (Å²) in [7, 11) is -2.89. The highest BCUT2D eigenvalue weighted by molar-refractivity contribution is 8.01. The number of carbonyl (C=O) groups is 1. The van der Waals surface area contributed by atoms with Crippen LogP contribution in [-0.4, -0.2) is 36.2 Å². The van der Waals surface area contributed by atoms with Gasteiger partial charge in [-0.15, -0.1) is 11.8 Å². The van der Waals surface area contributed by atoms with Crippen molar-refractivity contribution in [2.24, 2.45) is 0 Å². The van der Waals surface area contributed by atoms with Crippen LogP contribution in [0.2, 0.25) is 0 Å². The third-order valence-electron chi connectivity index (χ3n) is 2.93. The molecule has 4 nitrogen and oxygen atoms in total. The first-order valence-electron chi connectivity index (χ1n) is 5.58. The second-order valence-electron chi connectivity index (χ2n) is 4.42. The van der Waals surface area contributed by atoms with E-state index in [1.54, 1.807) is 19.1 Å². The zero-order valence-electron chi connectivity index (χ0n) is 9.92. The number of thioether (sulfide) groups is 1. The summed E-state index contributed by atoms with van der Waals surface area (Å²) in [6, 6.07) is 5.22. The molecule has 0 spiro atoms. The predicted molar refractivity (Wildman–Crippen MR) is 71.1 cm³/mol. The number of sulfone groups is 1. The molecule has 18 heavy (non-hydrogen) atoms. The number of aromatic carboxylic acids is 1. The van der Waals surface area contributed by atoms with Crippen molar-refractivity contribution in [2.45, 2.75) is 23.5 Å². The highest BCUT2D eigenvalue weighted by Crippen LogP contribution is 2.31. The number of rotatable bonds is 3. The largest absolute Gasteiger partial charge is 0.478 e. The van der Waals surface area contributed by atoms with Gasteiger partial charge in [0.05, 0.1) is 17.1 Å². The van der Waals surface area contributed by atoms with E-state index < -0.39 is 15.8 Å². The maximum Gasteiger partial charge on any atom is 0.335 e. The van der Waals surface area contributed by atoms with Gasteiger partial charge in [0.15, 0.2) is 9.84 Å². The van der Waals surface area contributed by atoms with Crippen LogP contribution in [0.5, 0.6) is 0 Å². The molecule has 1 aromatic carbocycles. The Morgan fingerprint density at radius 1 is 1.44 bits per heavy atom. The quantitative estimate of drug-likeness (QED) is 0.920. The Morgan fingerprint density at radius 3 is 2.72 bits per heavy atom. The van der Waals surface area contributed by atoms with Crippen LogP contribution in [0.4, 0.5) is 0 Å². The molecule has 1 unspecified atom stereocenters. The highest BCUT2D eigenvalue weighted by Gasteiger charge is 2.28. The molecule has 0 bridgehead atoms. The van der Waals surface area contributed by atoms with Gasteiger partial charge in [0.1, 0.15) is 0 Å². The summed E-state index contributed by atoms with van der Waals surface area (Å²) in [6.45, 7) is 1.75. The summed E-state index contributed by atoms with van der Waals surface area (Å²) in [5, 5.41) is 9.07. The van der Waals surface area contributed by atoms with Gasteiger partial charge in [-0.1, -0.05) is 6.07 Å². The first-order valence-corrected chi connectivity index (χ1v) is 8.28. The van der Waals surface area contributed by atoms with Gasteiger partial charge < -0.3 is 5.11 Å². The fourth-order valence-corrected chi connectivity index (χ4v) is 5.49. The molecule has 0 aliphatic carbocycles. The standard InChI is InChI=1S/C12H14O4S2/c1-8-2-3-9(6-11(8)12(13)14)17-10-4-5-18(15,16)7-10/h2-3,6,10H,4-5,7H2,1H3,(H,13,14). The van der Waals surface area contributed by atoms with Crippen LogP contribution in [0.25, 0.3) is 0 Å². The van der Waals surface area contributed by atoms with E-state index in [1.165, 1.54) is 11.8 Å². The number of benzene rings is 1. The number of hydrogen-bond acceptors (Lipinski definition) is 4. The Labute approximate surface area is 110 Å². The van der Waals surface area contributed by atoms with Crippen molar-refractivity contribution in [3.63, 3.8) is 0 Å². The van der Waals surface area contributed by atoms with Gasteiger partial charge in [-0.2, -0.15) is 0 Å². The average Bonchev–Trinajstić information content (AvgIpc) is 2.60. The number of aryl methyl sites for hydroxylation is 1. The molecule has 0 saturated carbocycles. The molecule has 1 heterocycles. The van der Waals surface area contributed by atoms with E-state index in [0.29, 0.717) is 12.0 Å². The molecule has 0 amide bonds. The molecule has 0 aromatic heterocycles. The molecule has 1 N–H and O–H groups in total. The van der Waals surface area contributed by atoms with Crippen LogP contribution in [0.1, 0.15) is 22.3 Å². The molecule has 6 heteroatoms. The minimum Gasteiger partial charge on any atom is -0.478 e. The first kappa shape index (κ1) is 13.4. The minimum absolute atomic E-state index is 0.0411. The van der Waals surface area contributed by atoms with Crippen molar-refractivity contribution >= 4 is 27.6 Å². The van der Waals surface area contributed by atoms with Crippen LogP contribution in [-0.2, 0) is 9.84 Å². The molecular weight excluding hydrogens is 272 g/mol. The van der Waals surface area contributed by atoms with Crippen LogP contribution in [0.3, 0.4) is 0 Å². The lowest BCUT2D eigenvalue weighted by Gasteiger charge is -2.09. The Bertz CT molecular complexity index is 578. The van der Waals surface area contributed by atoms with E-state index in [1.807, 2.05) is 6.07 Å². The van der Waals surface area contributed by atoms with E-state index in [4.69, 9.17) is 5.11 Å². The fraction of sp³-hybridized carbons (Fsp3) is 0.417. The summed E-state index contributed by atoms with van der Waals surface area (Å²) in [5.41, 5.74) is 0.992. The maximum atomic E-state index is 11.4. The molecule has 1 aliphatic heterocycles. The van der Waals surface area contributed by atoms with Crippen molar-refractivity contribution in [3.8, 4) is 0 Å². The predicted octanol–water partition coefficient (Wildman–Crippen LogP) is 1.97. The van der Waals surface area contributed by atoms with Crippen LogP contribution >= 0.6 is 11.8 Å². The lowest BCUT2D eigenvalue weighted by Crippen LogP contribution is -2.06. The van der Waals surface area contributed by atoms with E-state index >= 15 is 0 Å². The van der Waals surface area contributed by atoms with Gasteiger partial charge in [0.2, 0.25) is 0 Å². The van der Waals surface area contributed by atoms with E-state index in [0.717, 1.165) is 4.90 Å². The van der Waals surface area contributed by atoms with Crippen LogP contribution < -0.4 is 0 Å². The third-order valence-corrected chi connectivity index (χ3v) is 6.17. The molecule has 1 fully saturated rings.